The number of Topliss-reactive ketones (excluding diaryl/α,β-unsaturated/α-hetero) is 1. The van der Waals surface area contributed by atoms with Crippen molar-refractivity contribution in [3.05, 3.63) is 23.3 Å². The normalized spacial score (nSPS) is 47.5. The molecule has 4 nitrogen and oxygen atoms in total. The first-order chi connectivity index (χ1) is 11.7. The number of nitrogens with zero attached hydrogens (tertiary/aromatic N) is 1. The number of ether oxygens (including phenoxy) is 1. The van der Waals surface area contributed by atoms with Crippen LogP contribution in [0.2, 0.25) is 0 Å². The molecule has 2 aliphatic heterocycles. The van der Waals surface area contributed by atoms with Crippen molar-refractivity contribution in [1.29, 1.82) is 0 Å². The van der Waals surface area contributed by atoms with E-state index in [-0.39, 0.29) is 29.2 Å². The molecule has 2 heterocycles. The number of phenolic OH excluding ortho intramolecular Hbond substituents is 1. The lowest BCUT2D eigenvalue weighted by atomic mass is 9.52. The number of hydrogen-bond acceptors (Lipinski definition) is 4. The standard InChI is InChI=1S/C17H19NO3/c1-18-7-6-17-10-3-5-13(20)16(17)21-15-12(19)4-2-9(14(15)17)8-11(10)18/h2,4,10-11,16,19H,3,5-8H2,1H3/t10-,11+,16-,17-/m0/s1/i6D2,7D2. The first-order valence-electron chi connectivity index (χ1n) is 9.43. The van der Waals surface area contributed by atoms with Crippen molar-refractivity contribution >= 4 is 5.78 Å². The van der Waals surface area contributed by atoms with Gasteiger partial charge < -0.3 is 14.7 Å². The summed E-state index contributed by atoms with van der Waals surface area (Å²) in [5.41, 5.74) is -0.0174. The number of hydrogen-bond donors (Lipinski definition) is 1. The Morgan fingerprint density at radius 1 is 1.52 bits per heavy atom. The third-order valence-electron chi connectivity index (χ3n) is 5.70. The number of aromatic hydroxyl groups is 1. The molecule has 4 atom stereocenters. The fourth-order valence-corrected chi connectivity index (χ4v) is 4.81. The highest BCUT2D eigenvalue weighted by atomic mass is 16.5. The van der Waals surface area contributed by atoms with Crippen LogP contribution < -0.4 is 4.74 Å². The molecule has 110 valence electrons. The van der Waals surface area contributed by atoms with E-state index in [0.717, 1.165) is 5.56 Å². The van der Waals surface area contributed by atoms with Gasteiger partial charge in [-0.25, -0.2) is 0 Å². The average molecular weight is 289 g/mol. The number of ketones is 1. The van der Waals surface area contributed by atoms with Crippen LogP contribution in [0.25, 0.3) is 0 Å². The van der Waals surface area contributed by atoms with Crippen molar-refractivity contribution in [2.24, 2.45) is 5.92 Å². The van der Waals surface area contributed by atoms with E-state index in [1.165, 1.54) is 11.0 Å². The van der Waals surface area contributed by atoms with Crippen LogP contribution in [0, 0.1) is 5.92 Å². The molecule has 1 aromatic carbocycles. The minimum absolute atomic E-state index is 0.109. The van der Waals surface area contributed by atoms with Crippen LogP contribution in [-0.4, -0.2) is 41.5 Å². The van der Waals surface area contributed by atoms with Gasteiger partial charge in [-0.3, -0.25) is 4.79 Å². The fraction of sp³-hybridized carbons (Fsp3) is 0.588. The molecule has 21 heavy (non-hydrogen) atoms. The smallest absolute Gasteiger partial charge is 0.174 e. The third kappa shape index (κ3) is 1.20. The zero-order valence-electron chi connectivity index (χ0n) is 15.7. The van der Waals surface area contributed by atoms with Gasteiger partial charge in [0.15, 0.2) is 23.4 Å². The second-order valence-electron chi connectivity index (χ2n) is 6.55. The van der Waals surface area contributed by atoms with E-state index in [1.54, 1.807) is 13.1 Å². The molecule has 2 fully saturated rings. The Labute approximate surface area is 129 Å². The fourth-order valence-electron chi connectivity index (χ4n) is 4.81. The van der Waals surface area contributed by atoms with Crippen LogP contribution in [0.5, 0.6) is 11.5 Å². The van der Waals surface area contributed by atoms with E-state index < -0.39 is 24.4 Å². The van der Waals surface area contributed by atoms with Crippen LogP contribution in [0.3, 0.4) is 0 Å². The van der Waals surface area contributed by atoms with E-state index in [9.17, 15) is 9.90 Å². The number of likely N-dealkylation sites (N-methyl/N-ethyl adjacent to an activating group) is 1. The first-order valence-corrected chi connectivity index (χ1v) is 7.43. The molecule has 1 saturated heterocycles. The van der Waals surface area contributed by atoms with E-state index in [2.05, 4.69) is 0 Å². The summed E-state index contributed by atoms with van der Waals surface area (Å²) in [5.74, 6) is -0.370. The van der Waals surface area contributed by atoms with E-state index >= 15 is 0 Å². The lowest BCUT2D eigenvalue weighted by molar-refractivity contribution is -0.138. The van der Waals surface area contributed by atoms with Crippen LogP contribution in [0.15, 0.2) is 12.1 Å². The monoisotopic (exact) mass is 289 g/mol. The van der Waals surface area contributed by atoms with E-state index in [0.29, 0.717) is 24.8 Å². The zero-order valence-corrected chi connectivity index (χ0v) is 11.7. The molecule has 1 saturated carbocycles. The Hall–Kier alpha value is -1.55. The summed E-state index contributed by atoms with van der Waals surface area (Å²) in [4.78, 5) is 14.2. The Bertz CT molecular complexity index is 826. The molecule has 2 aliphatic carbocycles. The molecule has 1 N–H and O–H groups in total. The van der Waals surface area contributed by atoms with Gasteiger partial charge in [0.25, 0.3) is 0 Å². The summed E-state index contributed by atoms with van der Waals surface area (Å²) in [6.45, 7) is -2.25. The maximum absolute atomic E-state index is 12.7. The molecule has 1 spiro atoms. The van der Waals surface area contributed by atoms with Crippen molar-refractivity contribution < 1.29 is 20.1 Å². The quantitative estimate of drug-likeness (QED) is 0.788. The van der Waals surface area contributed by atoms with Crippen LogP contribution >= 0.6 is 0 Å². The summed E-state index contributed by atoms with van der Waals surface area (Å²) in [7, 11) is 1.63. The topological polar surface area (TPSA) is 49.8 Å². The summed E-state index contributed by atoms with van der Waals surface area (Å²) in [6.07, 6.45) is -2.05. The van der Waals surface area contributed by atoms with Gasteiger partial charge in [0.05, 0.1) is 0 Å². The molecule has 4 aliphatic rings. The molecule has 2 bridgehead atoms. The Morgan fingerprint density at radius 3 is 3.24 bits per heavy atom. The Morgan fingerprint density at radius 2 is 2.38 bits per heavy atom. The van der Waals surface area contributed by atoms with Crippen LogP contribution in [0.4, 0.5) is 0 Å². The highest BCUT2D eigenvalue weighted by molar-refractivity contribution is 5.89. The molecule has 5 rings (SSSR count). The second kappa shape index (κ2) is 3.61. The highest BCUT2D eigenvalue weighted by Gasteiger charge is 2.65. The van der Waals surface area contributed by atoms with Gasteiger partial charge in [-0.1, -0.05) is 6.07 Å². The Balaban J connectivity index is 1.93. The van der Waals surface area contributed by atoms with Gasteiger partial charge in [0.1, 0.15) is 0 Å². The van der Waals surface area contributed by atoms with Crippen LogP contribution in [0.1, 0.15) is 35.8 Å². The largest absolute Gasteiger partial charge is 0.504 e. The lowest BCUT2D eigenvalue weighted by Gasteiger charge is -2.57. The summed E-state index contributed by atoms with van der Waals surface area (Å²) < 4.78 is 40.6. The van der Waals surface area contributed by atoms with Crippen LogP contribution in [-0.2, 0) is 16.6 Å². The Kier molecular flexibility index (Phi) is 1.51. The second-order valence-corrected chi connectivity index (χ2v) is 6.55. The molecule has 0 aromatic heterocycles. The molecular weight excluding hydrogens is 266 g/mol. The van der Waals surface area contributed by atoms with Gasteiger partial charge in [-0.15, -0.1) is 0 Å². The number of carbonyl (C=O) groups is 1. The van der Waals surface area contributed by atoms with Gasteiger partial charge in [0.2, 0.25) is 0 Å². The minimum Gasteiger partial charge on any atom is -0.504 e. The number of rotatable bonds is 0. The first kappa shape index (κ1) is 8.79. The van der Waals surface area contributed by atoms with Crippen molar-refractivity contribution in [2.45, 2.75) is 43.2 Å². The number of carbonyl (C=O) groups excluding carboxylic acids is 1. The van der Waals surface area contributed by atoms with Gasteiger partial charge in [-0.05, 0) is 50.3 Å². The number of likely N-dealkylation sites (tertiary alicyclic amines) is 1. The van der Waals surface area contributed by atoms with Crippen molar-refractivity contribution in [3.63, 3.8) is 0 Å². The molecule has 4 heteroatoms. The maximum atomic E-state index is 12.7. The number of phenols is 1. The predicted molar refractivity (Wildman–Crippen MR) is 76.7 cm³/mol. The molecule has 0 unspecified atom stereocenters. The average Bonchev–Trinajstić information content (AvgIpc) is 2.94. The third-order valence-corrected chi connectivity index (χ3v) is 5.70. The molecule has 0 amide bonds. The zero-order chi connectivity index (χ0) is 17.9. The molecule has 0 radical (unpaired) electrons. The highest BCUT2D eigenvalue weighted by Crippen LogP contribution is 2.62. The molecule has 1 aromatic rings. The maximum Gasteiger partial charge on any atom is 0.174 e. The summed E-state index contributed by atoms with van der Waals surface area (Å²) in [5, 5.41) is 10.3. The van der Waals surface area contributed by atoms with Gasteiger partial charge >= 0.3 is 0 Å². The summed E-state index contributed by atoms with van der Waals surface area (Å²) in [6, 6.07) is 3.07. The molecular formula is C17H19NO3. The number of benzene rings is 1. The predicted octanol–water partition coefficient (Wildman–Crippen LogP) is 1.63. The van der Waals surface area contributed by atoms with Crippen molar-refractivity contribution in [1.82, 2.24) is 4.90 Å². The minimum atomic E-state index is -2.34. The SMILES string of the molecule is [2H]C1([2H])N(C)[C@@H]2Cc3ccc(O)c4c3[C@]3([C@@H](O4)C(=O)CC[C@@H]23)C1([2H])[2H]. The van der Waals surface area contributed by atoms with E-state index in [4.69, 9.17) is 10.2 Å². The van der Waals surface area contributed by atoms with Crippen molar-refractivity contribution in [2.75, 3.05) is 13.5 Å². The lowest BCUT2D eigenvalue weighted by Crippen LogP contribution is -2.65. The summed E-state index contributed by atoms with van der Waals surface area (Å²) >= 11 is 0. The van der Waals surface area contributed by atoms with E-state index in [1.807, 2.05) is 0 Å². The van der Waals surface area contributed by atoms with Gasteiger partial charge in [-0.2, -0.15) is 0 Å². The van der Waals surface area contributed by atoms with Crippen molar-refractivity contribution in [3.8, 4) is 11.5 Å². The van der Waals surface area contributed by atoms with Gasteiger partial charge in [0, 0.05) is 28.9 Å². The number of piperidine rings is 1.